The number of pyridine rings is 1. The van der Waals surface area contributed by atoms with Gasteiger partial charge < -0.3 is 10.0 Å². The highest BCUT2D eigenvalue weighted by Crippen LogP contribution is 2.37. The first-order valence-corrected chi connectivity index (χ1v) is 10.6. The molecule has 31 heavy (non-hydrogen) atoms. The minimum absolute atomic E-state index is 0.352. The molecule has 4 rings (SSSR count). The fraction of sp³-hybridized carbons (Fsp3) is 0.269. The second-order valence-electron chi connectivity index (χ2n) is 8.07. The van der Waals surface area contributed by atoms with Crippen LogP contribution < -0.4 is 4.90 Å². The summed E-state index contributed by atoms with van der Waals surface area (Å²) in [6, 6.07) is 18.0. The minimum Gasteiger partial charge on any atom is -0.478 e. The average molecular weight is 412 g/mol. The normalized spacial score (nSPS) is 15.0. The van der Waals surface area contributed by atoms with E-state index in [1.165, 1.54) is 17.3 Å². The van der Waals surface area contributed by atoms with Crippen molar-refractivity contribution in [3.8, 4) is 6.07 Å². The van der Waals surface area contributed by atoms with E-state index in [1.807, 2.05) is 31.3 Å². The molecule has 156 valence electrons. The number of anilines is 2. The van der Waals surface area contributed by atoms with Crippen molar-refractivity contribution in [2.45, 2.75) is 38.0 Å². The molecular formula is C26H25N3O2. The number of carboxylic acids is 1. The van der Waals surface area contributed by atoms with Crippen LogP contribution in [-0.4, -0.2) is 23.1 Å². The van der Waals surface area contributed by atoms with Gasteiger partial charge in [-0.1, -0.05) is 6.07 Å². The van der Waals surface area contributed by atoms with Gasteiger partial charge in [0, 0.05) is 30.8 Å². The van der Waals surface area contributed by atoms with Crippen LogP contribution in [-0.2, 0) is 12.8 Å². The van der Waals surface area contributed by atoms with Gasteiger partial charge in [-0.15, -0.1) is 0 Å². The molecule has 0 spiro atoms. The summed E-state index contributed by atoms with van der Waals surface area (Å²) in [4.78, 5) is 17.7. The monoisotopic (exact) mass is 411 g/mol. The maximum absolute atomic E-state index is 11.5. The smallest absolute Gasteiger partial charge is 0.336 e. The molecule has 1 N–H and O–H groups in total. The van der Waals surface area contributed by atoms with E-state index >= 15 is 0 Å². The van der Waals surface area contributed by atoms with Gasteiger partial charge in [0.05, 0.1) is 17.2 Å². The molecule has 1 aliphatic rings. The highest BCUT2D eigenvalue weighted by molar-refractivity contribution is 5.89. The molecule has 5 heteroatoms. The van der Waals surface area contributed by atoms with Crippen molar-refractivity contribution >= 4 is 17.3 Å². The number of fused-ring (bicyclic) bond motifs is 1. The second-order valence-corrected chi connectivity index (χ2v) is 8.07. The van der Waals surface area contributed by atoms with E-state index < -0.39 is 5.97 Å². The maximum atomic E-state index is 11.5. The Balaban J connectivity index is 1.52. The second kappa shape index (κ2) is 9.01. The third-order valence-electron chi connectivity index (χ3n) is 6.23. The molecule has 1 aromatic heterocycles. The van der Waals surface area contributed by atoms with Crippen LogP contribution in [0.25, 0.3) is 0 Å². The summed E-state index contributed by atoms with van der Waals surface area (Å²) in [6.07, 6.45) is 8.18. The Morgan fingerprint density at radius 3 is 2.71 bits per heavy atom. The lowest BCUT2D eigenvalue weighted by atomic mass is 9.79. The molecule has 0 radical (unpaired) electrons. The number of hydrogen-bond acceptors (Lipinski definition) is 4. The SMILES string of the molecule is CN(c1ccc(C#N)cc1)c1ccc2c(c1)CCC[C@H]2CCc1cnccc1C(=O)O. The molecule has 1 atom stereocenters. The predicted molar refractivity (Wildman–Crippen MR) is 121 cm³/mol. The molecule has 0 aliphatic heterocycles. The summed E-state index contributed by atoms with van der Waals surface area (Å²) in [6.45, 7) is 0. The number of aromatic nitrogens is 1. The van der Waals surface area contributed by atoms with Crippen LogP contribution in [0.4, 0.5) is 11.4 Å². The largest absolute Gasteiger partial charge is 0.478 e. The lowest BCUT2D eigenvalue weighted by Gasteiger charge is -2.28. The van der Waals surface area contributed by atoms with Crippen molar-refractivity contribution in [2.75, 3.05) is 11.9 Å². The Bertz CT molecular complexity index is 1130. The van der Waals surface area contributed by atoms with Crippen molar-refractivity contribution in [1.29, 1.82) is 5.26 Å². The molecule has 0 fully saturated rings. The quantitative estimate of drug-likeness (QED) is 0.582. The number of aryl methyl sites for hydroxylation is 2. The Hall–Kier alpha value is -3.65. The van der Waals surface area contributed by atoms with E-state index in [0.29, 0.717) is 23.5 Å². The summed E-state index contributed by atoms with van der Waals surface area (Å²) in [5, 5.41) is 18.4. The van der Waals surface area contributed by atoms with Gasteiger partial charge in [0.2, 0.25) is 0 Å². The zero-order chi connectivity index (χ0) is 21.8. The van der Waals surface area contributed by atoms with Gasteiger partial charge >= 0.3 is 5.97 Å². The molecule has 0 unspecified atom stereocenters. The molecule has 1 heterocycles. The fourth-order valence-corrected chi connectivity index (χ4v) is 4.48. The van der Waals surface area contributed by atoms with Gasteiger partial charge in [0.15, 0.2) is 0 Å². The van der Waals surface area contributed by atoms with E-state index in [-0.39, 0.29) is 0 Å². The first kappa shape index (κ1) is 20.6. The standard InChI is InChI=1S/C26H25N3O2/c1-29(22-9-5-18(16-27)6-10-22)23-11-12-24-19(3-2-4-20(24)15-23)7-8-21-17-28-14-13-25(21)26(30)31/h5-6,9-15,17,19H,2-4,7-8H2,1H3,(H,30,31)/t19-/m0/s1. The van der Waals surface area contributed by atoms with Gasteiger partial charge in [-0.05, 0) is 97.2 Å². The zero-order valence-corrected chi connectivity index (χ0v) is 17.6. The van der Waals surface area contributed by atoms with Crippen molar-refractivity contribution in [2.24, 2.45) is 0 Å². The van der Waals surface area contributed by atoms with Crippen molar-refractivity contribution in [3.05, 3.63) is 88.7 Å². The molecule has 2 aromatic carbocycles. The molecule has 0 saturated heterocycles. The lowest BCUT2D eigenvalue weighted by Crippen LogP contribution is -2.14. The van der Waals surface area contributed by atoms with Crippen LogP contribution in [0.15, 0.2) is 60.9 Å². The van der Waals surface area contributed by atoms with E-state index in [2.05, 4.69) is 34.2 Å². The van der Waals surface area contributed by atoms with Crippen LogP contribution in [0.2, 0.25) is 0 Å². The van der Waals surface area contributed by atoms with Crippen LogP contribution in [0.3, 0.4) is 0 Å². The van der Waals surface area contributed by atoms with E-state index in [0.717, 1.165) is 42.6 Å². The molecular weight excluding hydrogens is 386 g/mol. The molecule has 0 bridgehead atoms. The summed E-state index contributed by atoms with van der Waals surface area (Å²) >= 11 is 0. The van der Waals surface area contributed by atoms with Crippen LogP contribution >= 0.6 is 0 Å². The molecule has 1 aliphatic carbocycles. The molecule has 5 nitrogen and oxygen atoms in total. The van der Waals surface area contributed by atoms with Gasteiger partial charge in [-0.2, -0.15) is 5.26 Å². The zero-order valence-electron chi connectivity index (χ0n) is 17.6. The first-order chi connectivity index (χ1) is 15.1. The highest BCUT2D eigenvalue weighted by Gasteiger charge is 2.22. The Morgan fingerprint density at radius 2 is 1.97 bits per heavy atom. The maximum Gasteiger partial charge on any atom is 0.336 e. The Morgan fingerprint density at radius 1 is 1.19 bits per heavy atom. The van der Waals surface area contributed by atoms with E-state index in [9.17, 15) is 9.90 Å². The van der Waals surface area contributed by atoms with Gasteiger partial charge in [-0.3, -0.25) is 4.98 Å². The number of hydrogen-bond donors (Lipinski definition) is 1. The first-order valence-electron chi connectivity index (χ1n) is 10.6. The predicted octanol–water partition coefficient (Wildman–Crippen LogP) is 5.47. The number of rotatable bonds is 6. The van der Waals surface area contributed by atoms with Gasteiger partial charge in [0.25, 0.3) is 0 Å². The summed E-state index contributed by atoms with van der Waals surface area (Å²) in [5.74, 6) is -0.461. The number of nitrogens with zero attached hydrogens (tertiary/aromatic N) is 3. The van der Waals surface area contributed by atoms with Crippen molar-refractivity contribution in [3.63, 3.8) is 0 Å². The fourth-order valence-electron chi connectivity index (χ4n) is 4.48. The summed E-state index contributed by atoms with van der Waals surface area (Å²) in [5.41, 5.74) is 6.74. The number of nitriles is 1. The van der Waals surface area contributed by atoms with Gasteiger partial charge in [-0.25, -0.2) is 4.79 Å². The van der Waals surface area contributed by atoms with Crippen LogP contribution in [0.1, 0.15) is 57.8 Å². The van der Waals surface area contributed by atoms with Crippen molar-refractivity contribution in [1.82, 2.24) is 4.98 Å². The lowest BCUT2D eigenvalue weighted by molar-refractivity contribution is 0.0695. The summed E-state index contributed by atoms with van der Waals surface area (Å²) in [7, 11) is 2.04. The third kappa shape index (κ3) is 4.44. The highest BCUT2D eigenvalue weighted by atomic mass is 16.4. The average Bonchev–Trinajstić information content (AvgIpc) is 2.82. The van der Waals surface area contributed by atoms with Crippen LogP contribution in [0, 0.1) is 11.3 Å². The topological polar surface area (TPSA) is 77.2 Å². The Labute approximate surface area is 182 Å². The Kier molecular flexibility index (Phi) is 5.99. The van der Waals surface area contributed by atoms with Crippen LogP contribution in [0.5, 0.6) is 0 Å². The number of aromatic carboxylic acids is 1. The molecule has 0 saturated carbocycles. The number of carboxylic acid groups (broad SMARTS) is 1. The minimum atomic E-state index is -0.892. The van der Waals surface area contributed by atoms with E-state index in [4.69, 9.17) is 5.26 Å². The van der Waals surface area contributed by atoms with E-state index in [1.54, 1.807) is 12.3 Å². The molecule has 3 aromatic rings. The number of carbonyl (C=O) groups is 1. The summed E-state index contributed by atoms with van der Waals surface area (Å²) < 4.78 is 0. The third-order valence-corrected chi connectivity index (χ3v) is 6.23. The molecule has 0 amide bonds. The van der Waals surface area contributed by atoms with Gasteiger partial charge in [0.1, 0.15) is 0 Å². The number of benzene rings is 2. The van der Waals surface area contributed by atoms with Crippen molar-refractivity contribution < 1.29 is 9.90 Å².